The average molecular weight is 260 g/mol. The van der Waals surface area contributed by atoms with Crippen LogP contribution in [0.15, 0.2) is 6.20 Å². The van der Waals surface area contributed by atoms with Gasteiger partial charge in [0.05, 0.1) is 22.6 Å². The summed E-state index contributed by atoms with van der Waals surface area (Å²) in [6.07, 6.45) is 4.91. The number of nitrogens with one attached hydrogen (secondary N) is 2. The molecule has 2 aromatic heterocycles. The van der Waals surface area contributed by atoms with Crippen LogP contribution < -0.4 is 5.36 Å². The molecule has 0 saturated carbocycles. The van der Waals surface area contributed by atoms with Crippen molar-refractivity contribution in [2.24, 2.45) is 0 Å². The Bertz CT molecular complexity index is 698. The van der Waals surface area contributed by atoms with E-state index in [1.165, 1.54) is 0 Å². The number of rotatable bonds is 4. The van der Waals surface area contributed by atoms with Gasteiger partial charge in [-0.25, -0.2) is 4.79 Å². The second-order valence-electron chi connectivity index (χ2n) is 4.76. The molecule has 0 amide bonds. The van der Waals surface area contributed by atoms with E-state index in [-0.39, 0.29) is 12.0 Å². The van der Waals surface area contributed by atoms with Crippen molar-refractivity contribution >= 4 is 17.0 Å². The lowest BCUT2D eigenvalue weighted by atomic mass is 10.1. The number of fused-ring (bicyclic) bond motifs is 2. The Morgan fingerprint density at radius 3 is 3.16 bits per heavy atom. The molecule has 1 aliphatic heterocycles. The van der Waals surface area contributed by atoms with Gasteiger partial charge in [0, 0.05) is 6.54 Å². The largest absolute Gasteiger partial charge is 0.456 e. The van der Waals surface area contributed by atoms with Crippen LogP contribution >= 0.6 is 0 Å². The average Bonchev–Trinajstić information content (AvgIpc) is 3.01. The first-order chi connectivity index (χ1) is 9.24. The number of aromatic nitrogens is 3. The molecule has 0 aromatic carbocycles. The van der Waals surface area contributed by atoms with E-state index in [2.05, 4.69) is 17.1 Å². The fourth-order valence-electron chi connectivity index (χ4n) is 2.56. The minimum atomic E-state index is -0.396. The van der Waals surface area contributed by atoms with Crippen LogP contribution in [0.5, 0.6) is 0 Å². The van der Waals surface area contributed by atoms with E-state index < -0.39 is 5.97 Å². The predicted molar refractivity (Wildman–Crippen MR) is 68.6 cm³/mol. The summed E-state index contributed by atoms with van der Waals surface area (Å²) < 4.78 is 7.12. The topological polar surface area (TPSA) is 83.8 Å². The van der Waals surface area contributed by atoms with Crippen LogP contribution in [-0.4, -0.2) is 20.7 Å². The first-order valence-corrected chi connectivity index (χ1v) is 6.54. The van der Waals surface area contributed by atoms with Crippen LogP contribution in [0.4, 0.5) is 0 Å². The van der Waals surface area contributed by atoms with Crippen molar-refractivity contribution in [3.8, 4) is 0 Å². The van der Waals surface area contributed by atoms with Gasteiger partial charge >= 0.3 is 5.97 Å². The minimum absolute atomic E-state index is 0.216. The normalized spacial score (nSPS) is 13.8. The van der Waals surface area contributed by atoms with Gasteiger partial charge in [-0.2, -0.15) is 5.10 Å². The molecular formula is C13H16N4O2. The zero-order chi connectivity index (χ0) is 13.4. The summed E-state index contributed by atoms with van der Waals surface area (Å²) in [6.45, 7) is 3.22. The van der Waals surface area contributed by atoms with Crippen LogP contribution in [0.1, 0.15) is 42.2 Å². The van der Waals surface area contributed by atoms with E-state index in [1.807, 2.05) is 4.57 Å². The highest BCUT2D eigenvalue weighted by molar-refractivity contribution is 5.96. The van der Waals surface area contributed by atoms with E-state index in [1.54, 1.807) is 6.20 Å². The Labute approximate surface area is 109 Å². The Morgan fingerprint density at radius 1 is 1.53 bits per heavy atom. The van der Waals surface area contributed by atoms with Gasteiger partial charge in [0.15, 0.2) is 0 Å². The maximum absolute atomic E-state index is 11.7. The van der Waals surface area contributed by atoms with Gasteiger partial charge in [-0.3, -0.25) is 10.5 Å². The van der Waals surface area contributed by atoms with Crippen LogP contribution in [0.25, 0.3) is 11.0 Å². The smallest absolute Gasteiger partial charge is 0.342 e. The number of aromatic amines is 1. The number of hydrogen-bond acceptors (Lipinski definition) is 4. The molecule has 0 atom stereocenters. The summed E-state index contributed by atoms with van der Waals surface area (Å²) in [4.78, 5) is 11.7. The molecule has 6 nitrogen and oxygen atoms in total. The maximum Gasteiger partial charge on any atom is 0.342 e. The Morgan fingerprint density at radius 2 is 2.37 bits per heavy atom. The van der Waals surface area contributed by atoms with Gasteiger partial charge in [-0.05, 0) is 6.42 Å². The maximum atomic E-state index is 11.7. The molecule has 100 valence electrons. The fourth-order valence-corrected chi connectivity index (χ4v) is 2.56. The third kappa shape index (κ3) is 1.75. The molecule has 0 bridgehead atoms. The highest BCUT2D eigenvalue weighted by Crippen LogP contribution is 2.22. The third-order valence-corrected chi connectivity index (χ3v) is 3.55. The number of pyridine rings is 1. The van der Waals surface area contributed by atoms with Crippen molar-refractivity contribution in [1.29, 1.82) is 5.41 Å². The predicted octanol–water partition coefficient (Wildman–Crippen LogP) is 1.70. The Hall–Kier alpha value is -2.11. The molecule has 1 aliphatic rings. The number of hydrogen-bond donors (Lipinski definition) is 2. The van der Waals surface area contributed by atoms with E-state index in [4.69, 9.17) is 10.1 Å². The van der Waals surface area contributed by atoms with E-state index in [0.717, 1.165) is 37.1 Å². The van der Waals surface area contributed by atoms with Gasteiger partial charge in [0.25, 0.3) is 0 Å². The Balaban J connectivity index is 2.19. The van der Waals surface area contributed by atoms with Crippen molar-refractivity contribution in [2.75, 3.05) is 0 Å². The number of nitrogens with zero attached hydrogens (tertiary/aromatic N) is 2. The second-order valence-corrected chi connectivity index (χ2v) is 4.76. The molecule has 2 N–H and O–H groups in total. The zero-order valence-electron chi connectivity index (χ0n) is 10.8. The molecule has 19 heavy (non-hydrogen) atoms. The molecule has 0 fully saturated rings. The number of ether oxygens (including phenoxy) is 1. The number of cyclic esters (lactones) is 1. The molecule has 6 heteroatoms. The van der Waals surface area contributed by atoms with Crippen LogP contribution in [-0.2, 0) is 17.9 Å². The summed E-state index contributed by atoms with van der Waals surface area (Å²) in [7, 11) is 0. The number of aryl methyl sites for hydroxylation is 1. The summed E-state index contributed by atoms with van der Waals surface area (Å²) in [5.74, 6) is -0.396. The summed E-state index contributed by atoms with van der Waals surface area (Å²) in [6, 6.07) is 0. The first-order valence-electron chi connectivity index (χ1n) is 6.54. The van der Waals surface area contributed by atoms with Crippen molar-refractivity contribution < 1.29 is 9.53 Å². The van der Waals surface area contributed by atoms with Gasteiger partial charge in [0.2, 0.25) is 0 Å². The van der Waals surface area contributed by atoms with Gasteiger partial charge in [-0.1, -0.05) is 19.8 Å². The monoisotopic (exact) mass is 260 g/mol. The van der Waals surface area contributed by atoms with Crippen molar-refractivity contribution in [1.82, 2.24) is 14.8 Å². The lowest BCUT2D eigenvalue weighted by molar-refractivity contribution is 0.0530. The lowest BCUT2D eigenvalue weighted by Crippen LogP contribution is -2.19. The van der Waals surface area contributed by atoms with Crippen molar-refractivity contribution in [2.45, 2.75) is 39.3 Å². The summed E-state index contributed by atoms with van der Waals surface area (Å²) in [5.41, 5.74) is 1.99. The quantitative estimate of drug-likeness (QED) is 0.648. The molecule has 3 heterocycles. The van der Waals surface area contributed by atoms with Gasteiger partial charge < -0.3 is 9.30 Å². The van der Waals surface area contributed by atoms with Crippen LogP contribution in [0, 0.1) is 5.41 Å². The van der Waals surface area contributed by atoms with Crippen molar-refractivity contribution in [3.05, 3.63) is 22.8 Å². The molecule has 0 unspecified atom stereocenters. The standard InChI is InChI=1S/C13H16N4O2/c1-2-3-4-5-17-9-7-19-13(18)10(9)11(14)8-6-15-16-12(8)17/h6,14H,2-5,7H2,1H3,(H,15,16). The van der Waals surface area contributed by atoms with Gasteiger partial charge in [0.1, 0.15) is 17.8 Å². The number of carbonyl (C=O) groups excluding carboxylic acids is 1. The molecule has 0 spiro atoms. The summed E-state index contributed by atoms with van der Waals surface area (Å²) >= 11 is 0. The molecule has 0 aliphatic carbocycles. The highest BCUT2D eigenvalue weighted by Gasteiger charge is 2.28. The molecule has 2 aromatic rings. The number of H-pyrrole nitrogens is 1. The highest BCUT2D eigenvalue weighted by atomic mass is 16.5. The third-order valence-electron chi connectivity index (χ3n) is 3.55. The Kier molecular flexibility index (Phi) is 2.85. The van der Waals surface area contributed by atoms with E-state index >= 15 is 0 Å². The zero-order valence-corrected chi connectivity index (χ0v) is 10.8. The fraction of sp³-hybridized carbons (Fsp3) is 0.462. The van der Waals surface area contributed by atoms with Crippen molar-refractivity contribution in [3.63, 3.8) is 0 Å². The number of unbranched alkanes of at least 4 members (excludes halogenated alkanes) is 2. The van der Waals surface area contributed by atoms with Gasteiger partial charge in [-0.15, -0.1) is 0 Å². The SMILES string of the molecule is CCCCCn1c2c(c(=N)c3cn[nH]c31)C(=O)OC2. The lowest BCUT2D eigenvalue weighted by Gasteiger charge is -2.12. The minimum Gasteiger partial charge on any atom is -0.456 e. The second kappa shape index (κ2) is 4.53. The first kappa shape index (κ1) is 12.0. The van der Waals surface area contributed by atoms with E-state index in [9.17, 15) is 4.79 Å². The number of carbonyl (C=O) groups is 1. The number of esters is 1. The molecule has 3 rings (SSSR count). The molecular weight excluding hydrogens is 244 g/mol. The molecule has 0 radical (unpaired) electrons. The molecule has 0 saturated heterocycles. The summed E-state index contributed by atoms with van der Waals surface area (Å²) in [5, 5.41) is 15.9. The van der Waals surface area contributed by atoms with Crippen LogP contribution in [0.3, 0.4) is 0 Å². The van der Waals surface area contributed by atoms with Crippen LogP contribution in [0.2, 0.25) is 0 Å². The van der Waals surface area contributed by atoms with E-state index in [0.29, 0.717) is 10.9 Å².